The molecule has 94 valence electrons. The Hall–Kier alpha value is -0.600. The van der Waals surface area contributed by atoms with Crippen molar-refractivity contribution in [2.75, 3.05) is 6.54 Å². The molecule has 0 amide bonds. The zero-order valence-electron chi connectivity index (χ0n) is 10.2. The molecule has 0 aliphatic heterocycles. The highest BCUT2D eigenvalue weighted by molar-refractivity contribution is 6.31. The lowest BCUT2D eigenvalue weighted by molar-refractivity contribution is 0.295. The molecule has 0 aromatic heterocycles. The highest BCUT2D eigenvalue weighted by Gasteiger charge is 2.36. The monoisotopic (exact) mass is 255 g/mol. The summed E-state index contributed by atoms with van der Waals surface area (Å²) in [6, 6.07) is 5.03. The van der Waals surface area contributed by atoms with Crippen LogP contribution in [0, 0.1) is 17.2 Å². The van der Waals surface area contributed by atoms with E-state index in [0.717, 1.165) is 24.8 Å². The Morgan fingerprint density at radius 3 is 2.88 bits per heavy atom. The topological polar surface area (TPSA) is 26.0 Å². The summed E-state index contributed by atoms with van der Waals surface area (Å²) >= 11 is 6.01. The Bertz CT molecular complexity index is 407. The molecule has 1 aliphatic rings. The SMILES string of the molecule is CC1CCC(CN)(Cc2cccc(F)c2Cl)C1. The van der Waals surface area contributed by atoms with Gasteiger partial charge in [-0.1, -0.05) is 37.1 Å². The van der Waals surface area contributed by atoms with Gasteiger partial charge in [-0.2, -0.15) is 0 Å². The molecular weight excluding hydrogens is 237 g/mol. The molecule has 3 heteroatoms. The molecule has 17 heavy (non-hydrogen) atoms. The molecule has 2 rings (SSSR count). The van der Waals surface area contributed by atoms with Gasteiger partial charge < -0.3 is 5.73 Å². The second-order valence-electron chi connectivity index (χ2n) is 5.44. The largest absolute Gasteiger partial charge is 0.330 e. The minimum atomic E-state index is -0.331. The van der Waals surface area contributed by atoms with Crippen molar-refractivity contribution in [3.8, 4) is 0 Å². The molecular formula is C14H19ClFN. The van der Waals surface area contributed by atoms with Crippen molar-refractivity contribution in [3.63, 3.8) is 0 Å². The maximum absolute atomic E-state index is 13.4. The summed E-state index contributed by atoms with van der Waals surface area (Å²) in [5.41, 5.74) is 6.95. The first kappa shape index (κ1) is 12.8. The molecule has 2 N–H and O–H groups in total. The third-order valence-electron chi connectivity index (χ3n) is 3.98. The van der Waals surface area contributed by atoms with Gasteiger partial charge in [0.15, 0.2) is 0 Å². The first-order valence-corrected chi connectivity index (χ1v) is 6.57. The van der Waals surface area contributed by atoms with E-state index in [4.69, 9.17) is 17.3 Å². The Morgan fingerprint density at radius 2 is 2.29 bits per heavy atom. The van der Waals surface area contributed by atoms with Gasteiger partial charge in [0.1, 0.15) is 5.82 Å². The number of nitrogens with two attached hydrogens (primary N) is 1. The van der Waals surface area contributed by atoms with E-state index in [1.807, 2.05) is 6.07 Å². The minimum Gasteiger partial charge on any atom is -0.330 e. The van der Waals surface area contributed by atoms with Crippen LogP contribution in [0.2, 0.25) is 5.02 Å². The average Bonchev–Trinajstić information content (AvgIpc) is 2.68. The van der Waals surface area contributed by atoms with Gasteiger partial charge in [-0.05, 0) is 48.8 Å². The first-order valence-electron chi connectivity index (χ1n) is 6.19. The second-order valence-corrected chi connectivity index (χ2v) is 5.82. The van der Waals surface area contributed by atoms with Crippen molar-refractivity contribution in [1.29, 1.82) is 0 Å². The van der Waals surface area contributed by atoms with Gasteiger partial charge in [-0.25, -0.2) is 4.39 Å². The quantitative estimate of drug-likeness (QED) is 0.874. The smallest absolute Gasteiger partial charge is 0.142 e. The Morgan fingerprint density at radius 1 is 1.53 bits per heavy atom. The van der Waals surface area contributed by atoms with Gasteiger partial charge in [0.25, 0.3) is 0 Å². The molecule has 1 aliphatic carbocycles. The van der Waals surface area contributed by atoms with Crippen LogP contribution in [-0.2, 0) is 6.42 Å². The molecule has 1 aromatic rings. The van der Waals surface area contributed by atoms with Crippen LogP contribution >= 0.6 is 11.6 Å². The van der Waals surface area contributed by atoms with Gasteiger partial charge in [0.2, 0.25) is 0 Å². The summed E-state index contributed by atoms with van der Waals surface area (Å²) < 4.78 is 13.4. The van der Waals surface area contributed by atoms with Crippen molar-refractivity contribution in [2.24, 2.45) is 17.1 Å². The van der Waals surface area contributed by atoms with Crippen molar-refractivity contribution in [3.05, 3.63) is 34.6 Å². The highest BCUT2D eigenvalue weighted by Crippen LogP contribution is 2.44. The summed E-state index contributed by atoms with van der Waals surface area (Å²) in [6.07, 6.45) is 4.25. The normalized spacial score (nSPS) is 28.6. The third kappa shape index (κ3) is 2.63. The fourth-order valence-electron chi connectivity index (χ4n) is 3.00. The predicted molar refractivity (Wildman–Crippen MR) is 69.6 cm³/mol. The molecule has 2 atom stereocenters. The van der Waals surface area contributed by atoms with Crippen LogP contribution < -0.4 is 5.73 Å². The van der Waals surface area contributed by atoms with E-state index in [9.17, 15) is 4.39 Å². The molecule has 0 bridgehead atoms. The van der Waals surface area contributed by atoms with E-state index in [2.05, 4.69) is 6.92 Å². The van der Waals surface area contributed by atoms with Crippen molar-refractivity contribution < 1.29 is 4.39 Å². The van der Waals surface area contributed by atoms with E-state index >= 15 is 0 Å². The highest BCUT2D eigenvalue weighted by atomic mass is 35.5. The maximum Gasteiger partial charge on any atom is 0.142 e. The van der Waals surface area contributed by atoms with E-state index in [1.165, 1.54) is 12.5 Å². The lowest BCUT2D eigenvalue weighted by Gasteiger charge is -2.28. The molecule has 1 nitrogen and oxygen atoms in total. The number of hydrogen-bond donors (Lipinski definition) is 1. The first-order chi connectivity index (χ1) is 8.06. The molecule has 1 saturated carbocycles. The maximum atomic E-state index is 13.4. The lowest BCUT2D eigenvalue weighted by atomic mass is 9.79. The molecule has 0 saturated heterocycles. The zero-order valence-corrected chi connectivity index (χ0v) is 10.9. The van der Waals surface area contributed by atoms with Crippen LogP contribution in [0.15, 0.2) is 18.2 Å². The van der Waals surface area contributed by atoms with E-state index in [0.29, 0.717) is 12.5 Å². The molecule has 1 aromatic carbocycles. The molecule has 0 spiro atoms. The van der Waals surface area contributed by atoms with Gasteiger partial charge >= 0.3 is 0 Å². The Labute approximate surface area is 107 Å². The van der Waals surface area contributed by atoms with Gasteiger partial charge in [-0.3, -0.25) is 0 Å². The average molecular weight is 256 g/mol. The summed E-state index contributed by atoms with van der Waals surface area (Å²) in [4.78, 5) is 0. The van der Waals surface area contributed by atoms with E-state index in [1.54, 1.807) is 6.07 Å². The molecule has 0 heterocycles. The predicted octanol–water partition coefficient (Wildman–Crippen LogP) is 3.79. The Balaban J connectivity index is 2.22. The summed E-state index contributed by atoms with van der Waals surface area (Å²) in [7, 11) is 0. The second kappa shape index (κ2) is 4.95. The fourth-order valence-corrected chi connectivity index (χ4v) is 3.20. The number of benzene rings is 1. The van der Waals surface area contributed by atoms with Crippen molar-refractivity contribution >= 4 is 11.6 Å². The van der Waals surface area contributed by atoms with Gasteiger partial charge in [0.05, 0.1) is 5.02 Å². The summed E-state index contributed by atoms with van der Waals surface area (Å²) in [6.45, 7) is 2.91. The van der Waals surface area contributed by atoms with E-state index < -0.39 is 0 Å². The molecule has 2 unspecified atom stereocenters. The lowest BCUT2D eigenvalue weighted by Crippen LogP contribution is -2.30. The molecule has 0 radical (unpaired) electrons. The third-order valence-corrected chi connectivity index (χ3v) is 4.40. The summed E-state index contributed by atoms with van der Waals surface area (Å²) in [5.74, 6) is 0.383. The van der Waals surface area contributed by atoms with Crippen LogP contribution in [0.25, 0.3) is 0 Å². The standard InChI is InChI=1S/C14H19ClFN/c1-10-5-6-14(7-10,9-17)8-11-3-2-4-12(16)13(11)15/h2-4,10H,5-9,17H2,1H3. The van der Waals surface area contributed by atoms with Crippen molar-refractivity contribution in [1.82, 2.24) is 0 Å². The number of halogens is 2. The van der Waals surface area contributed by atoms with Crippen LogP contribution in [0.4, 0.5) is 4.39 Å². The fraction of sp³-hybridized carbons (Fsp3) is 0.571. The van der Waals surface area contributed by atoms with Crippen molar-refractivity contribution in [2.45, 2.75) is 32.6 Å². The number of hydrogen-bond acceptors (Lipinski definition) is 1. The van der Waals surface area contributed by atoms with Gasteiger partial charge in [0, 0.05) is 0 Å². The molecule has 1 fully saturated rings. The Kier molecular flexibility index (Phi) is 3.74. The number of rotatable bonds is 3. The minimum absolute atomic E-state index is 0.122. The van der Waals surface area contributed by atoms with Gasteiger partial charge in [-0.15, -0.1) is 0 Å². The van der Waals surface area contributed by atoms with Crippen LogP contribution in [0.3, 0.4) is 0 Å². The van der Waals surface area contributed by atoms with Crippen LogP contribution in [0.1, 0.15) is 31.7 Å². The van der Waals surface area contributed by atoms with E-state index in [-0.39, 0.29) is 16.3 Å². The van der Waals surface area contributed by atoms with Crippen LogP contribution in [-0.4, -0.2) is 6.54 Å². The summed E-state index contributed by atoms with van der Waals surface area (Å²) in [5, 5.41) is 0.264. The zero-order chi connectivity index (χ0) is 12.5. The van der Waals surface area contributed by atoms with Crippen LogP contribution in [0.5, 0.6) is 0 Å².